The van der Waals surface area contributed by atoms with Crippen molar-refractivity contribution in [1.82, 2.24) is 10.6 Å². The Hall–Kier alpha value is -1.18. The number of amides is 2. The van der Waals surface area contributed by atoms with Crippen molar-refractivity contribution in [2.45, 2.75) is 26.4 Å². The van der Waals surface area contributed by atoms with Gasteiger partial charge in [0.1, 0.15) is 6.10 Å². The smallest absolute Gasteiger partial charge is 0.249 e. The highest BCUT2D eigenvalue weighted by atomic mass is 16.3. The Kier molecular flexibility index (Phi) is 7.49. The van der Waals surface area contributed by atoms with Crippen LogP contribution >= 0.6 is 0 Å². The molecule has 0 fully saturated rings. The summed E-state index contributed by atoms with van der Waals surface area (Å²) in [5.74, 6) is -1.10. The van der Waals surface area contributed by atoms with Crippen LogP contribution in [0, 0.1) is 5.41 Å². The number of carbonyl (C=O) groups is 2. The fourth-order valence-electron chi connectivity index (χ4n) is 1.07. The summed E-state index contributed by atoms with van der Waals surface area (Å²) in [5.41, 5.74) is -0.961. The van der Waals surface area contributed by atoms with Gasteiger partial charge in [0.05, 0.1) is 13.2 Å². The van der Waals surface area contributed by atoms with Gasteiger partial charge in [0, 0.05) is 18.6 Å². The monoisotopic (exact) mass is 262 g/mol. The van der Waals surface area contributed by atoms with E-state index in [2.05, 4.69) is 10.6 Å². The Labute approximate surface area is 106 Å². The van der Waals surface area contributed by atoms with Gasteiger partial charge in [0.25, 0.3) is 0 Å². The first-order valence-corrected chi connectivity index (χ1v) is 5.79. The van der Waals surface area contributed by atoms with Gasteiger partial charge in [-0.25, -0.2) is 0 Å². The molecule has 1 atom stereocenters. The predicted octanol–water partition coefficient (Wildman–Crippen LogP) is -2.02. The van der Waals surface area contributed by atoms with E-state index in [1.807, 2.05) is 0 Å². The molecule has 18 heavy (non-hydrogen) atoms. The van der Waals surface area contributed by atoms with E-state index in [4.69, 9.17) is 10.2 Å². The van der Waals surface area contributed by atoms with Crippen LogP contribution in [0.5, 0.6) is 0 Å². The van der Waals surface area contributed by atoms with E-state index < -0.39 is 23.3 Å². The van der Waals surface area contributed by atoms with Crippen molar-refractivity contribution in [2.75, 3.05) is 26.3 Å². The normalized spacial score (nSPS) is 12.9. The van der Waals surface area contributed by atoms with Crippen molar-refractivity contribution in [3.05, 3.63) is 0 Å². The van der Waals surface area contributed by atoms with Gasteiger partial charge in [-0.3, -0.25) is 9.59 Å². The Morgan fingerprint density at radius 2 is 1.83 bits per heavy atom. The lowest BCUT2D eigenvalue weighted by Gasteiger charge is -2.26. The lowest BCUT2D eigenvalue weighted by molar-refractivity contribution is -0.138. The van der Waals surface area contributed by atoms with Gasteiger partial charge >= 0.3 is 0 Å². The topological polar surface area (TPSA) is 119 Å². The molecular weight excluding hydrogens is 240 g/mol. The van der Waals surface area contributed by atoms with Crippen LogP contribution < -0.4 is 10.6 Å². The van der Waals surface area contributed by atoms with Gasteiger partial charge in [-0.1, -0.05) is 13.8 Å². The van der Waals surface area contributed by atoms with E-state index in [0.717, 1.165) is 0 Å². The zero-order valence-electron chi connectivity index (χ0n) is 10.8. The summed E-state index contributed by atoms with van der Waals surface area (Å²) in [4.78, 5) is 22.7. The molecule has 0 rings (SSSR count). The third-order valence-corrected chi connectivity index (χ3v) is 2.48. The van der Waals surface area contributed by atoms with E-state index >= 15 is 0 Å². The molecule has 2 amide bonds. The van der Waals surface area contributed by atoms with Crippen molar-refractivity contribution in [3.8, 4) is 0 Å². The molecule has 0 saturated heterocycles. The molecule has 0 aliphatic heterocycles. The molecule has 7 heteroatoms. The SMILES string of the molecule is CC(C)(CO)[C@@H](O)C(=O)NCC(=O)NCCCO. The minimum atomic E-state index is -1.38. The van der Waals surface area contributed by atoms with Crippen molar-refractivity contribution < 1.29 is 24.9 Å². The second-order valence-electron chi connectivity index (χ2n) is 4.69. The largest absolute Gasteiger partial charge is 0.396 e. The maximum absolute atomic E-state index is 11.5. The van der Waals surface area contributed by atoms with Crippen molar-refractivity contribution in [1.29, 1.82) is 0 Å². The number of hydrogen-bond acceptors (Lipinski definition) is 5. The maximum atomic E-state index is 11.5. The molecule has 7 nitrogen and oxygen atoms in total. The summed E-state index contributed by atoms with van der Waals surface area (Å²) in [6, 6.07) is 0. The first-order chi connectivity index (χ1) is 8.35. The molecule has 5 N–H and O–H groups in total. The summed E-state index contributed by atoms with van der Waals surface area (Å²) in [6.45, 7) is 2.80. The van der Waals surface area contributed by atoms with Crippen LogP contribution in [0.1, 0.15) is 20.3 Å². The van der Waals surface area contributed by atoms with Gasteiger partial charge in [-0.2, -0.15) is 0 Å². The second-order valence-corrected chi connectivity index (χ2v) is 4.69. The van der Waals surface area contributed by atoms with Gasteiger partial charge < -0.3 is 26.0 Å². The molecule has 0 aromatic rings. The molecule has 0 bridgehead atoms. The van der Waals surface area contributed by atoms with E-state index in [-0.39, 0.29) is 19.8 Å². The Bertz CT molecular complexity index is 281. The zero-order chi connectivity index (χ0) is 14.2. The third kappa shape index (κ3) is 5.95. The number of aliphatic hydroxyl groups excluding tert-OH is 3. The summed E-state index contributed by atoms with van der Waals surface area (Å²) >= 11 is 0. The highest BCUT2D eigenvalue weighted by Gasteiger charge is 2.32. The number of rotatable bonds is 8. The van der Waals surface area contributed by atoms with E-state index in [1.165, 1.54) is 0 Å². The van der Waals surface area contributed by atoms with Crippen molar-refractivity contribution in [2.24, 2.45) is 5.41 Å². The van der Waals surface area contributed by atoms with E-state index in [9.17, 15) is 14.7 Å². The lowest BCUT2D eigenvalue weighted by atomic mass is 9.87. The zero-order valence-corrected chi connectivity index (χ0v) is 10.8. The van der Waals surface area contributed by atoms with Crippen LogP contribution in [-0.4, -0.2) is 59.5 Å². The maximum Gasteiger partial charge on any atom is 0.249 e. The van der Waals surface area contributed by atoms with Crippen molar-refractivity contribution >= 4 is 11.8 Å². The van der Waals surface area contributed by atoms with Gasteiger partial charge in [-0.05, 0) is 6.42 Å². The number of carbonyl (C=O) groups excluding carboxylic acids is 2. The molecule has 0 aliphatic rings. The average Bonchev–Trinajstić information content (AvgIpc) is 2.35. The van der Waals surface area contributed by atoms with Crippen LogP contribution in [0.2, 0.25) is 0 Å². The lowest BCUT2D eigenvalue weighted by Crippen LogP contribution is -2.48. The first kappa shape index (κ1) is 16.8. The number of nitrogens with one attached hydrogen (secondary N) is 2. The molecule has 0 heterocycles. The number of hydrogen-bond donors (Lipinski definition) is 5. The molecule has 0 aromatic carbocycles. The predicted molar refractivity (Wildman–Crippen MR) is 64.6 cm³/mol. The number of aliphatic hydroxyl groups is 3. The summed E-state index contributed by atoms with van der Waals surface area (Å²) in [5, 5.41) is 31.9. The minimum Gasteiger partial charge on any atom is -0.396 e. The van der Waals surface area contributed by atoms with E-state index in [1.54, 1.807) is 13.8 Å². The fourth-order valence-corrected chi connectivity index (χ4v) is 1.07. The van der Waals surface area contributed by atoms with Crippen LogP contribution in [0.25, 0.3) is 0 Å². The summed E-state index contributed by atoms with van der Waals surface area (Å²) in [6.07, 6.45) is -0.937. The van der Waals surface area contributed by atoms with Crippen LogP contribution in [0.3, 0.4) is 0 Å². The Balaban J connectivity index is 3.99. The molecular formula is C11H22N2O5. The first-order valence-electron chi connectivity index (χ1n) is 5.79. The highest BCUT2D eigenvalue weighted by Crippen LogP contribution is 2.19. The molecule has 0 radical (unpaired) electrons. The van der Waals surface area contributed by atoms with Crippen LogP contribution in [0.15, 0.2) is 0 Å². The Morgan fingerprint density at radius 3 is 2.33 bits per heavy atom. The fraction of sp³-hybridized carbons (Fsp3) is 0.818. The molecule has 0 saturated carbocycles. The molecule has 106 valence electrons. The highest BCUT2D eigenvalue weighted by molar-refractivity contribution is 5.87. The summed E-state index contributed by atoms with van der Waals surface area (Å²) < 4.78 is 0. The van der Waals surface area contributed by atoms with Crippen LogP contribution in [0.4, 0.5) is 0 Å². The standard InChI is InChI=1S/C11H22N2O5/c1-11(2,7-15)9(17)10(18)13-6-8(16)12-4-3-5-14/h9,14-15,17H,3-7H2,1-2H3,(H,12,16)(H,13,18)/t9-/m0/s1. The Morgan fingerprint density at radius 1 is 1.22 bits per heavy atom. The second kappa shape index (κ2) is 8.02. The quantitative estimate of drug-likeness (QED) is 0.324. The van der Waals surface area contributed by atoms with E-state index in [0.29, 0.717) is 13.0 Å². The molecule has 0 aliphatic carbocycles. The molecule has 0 unspecified atom stereocenters. The minimum absolute atomic E-state index is 0.0178. The van der Waals surface area contributed by atoms with Gasteiger partial charge in [-0.15, -0.1) is 0 Å². The van der Waals surface area contributed by atoms with Gasteiger partial charge in [0.15, 0.2) is 0 Å². The molecule has 0 aromatic heterocycles. The average molecular weight is 262 g/mol. The molecule has 0 spiro atoms. The summed E-state index contributed by atoms with van der Waals surface area (Å²) in [7, 11) is 0. The van der Waals surface area contributed by atoms with Gasteiger partial charge in [0.2, 0.25) is 11.8 Å². The third-order valence-electron chi connectivity index (χ3n) is 2.48. The van der Waals surface area contributed by atoms with Crippen LogP contribution in [-0.2, 0) is 9.59 Å². The van der Waals surface area contributed by atoms with Crippen molar-refractivity contribution in [3.63, 3.8) is 0 Å².